The van der Waals surface area contributed by atoms with Gasteiger partial charge < -0.3 is 9.64 Å². The van der Waals surface area contributed by atoms with Crippen LogP contribution in [0.15, 0.2) is 59.1 Å². The van der Waals surface area contributed by atoms with Crippen LogP contribution < -0.4 is 4.90 Å². The number of aryl methyl sites for hydroxylation is 1. The highest BCUT2D eigenvalue weighted by Gasteiger charge is 2.23. The molecule has 0 aliphatic carbocycles. The molecule has 0 N–H and O–H groups in total. The van der Waals surface area contributed by atoms with Crippen molar-refractivity contribution in [3.05, 3.63) is 64.6 Å². The molecule has 0 aliphatic rings. The molecule has 0 bridgehead atoms. The molecular formula is C19H20BrNO3. The molecule has 2 rings (SSSR count). The molecule has 2 aromatic rings. The van der Waals surface area contributed by atoms with E-state index in [0.717, 1.165) is 23.7 Å². The van der Waals surface area contributed by atoms with Crippen molar-refractivity contribution in [1.82, 2.24) is 0 Å². The van der Waals surface area contributed by atoms with Gasteiger partial charge in [-0.05, 0) is 49.1 Å². The Hall–Kier alpha value is -2.14. The highest BCUT2D eigenvalue weighted by molar-refractivity contribution is 9.10. The number of methoxy groups -OCH3 is 1. The normalized spacial score (nSPS) is 10.2. The van der Waals surface area contributed by atoms with Crippen LogP contribution in [-0.2, 0) is 20.7 Å². The van der Waals surface area contributed by atoms with Crippen molar-refractivity contribution in [3.63, 3.8) is 0 Å². The van der Waals surface area contributed by atoms with Crippen molar-refractivity contribution in [2.45, 2.75) is 19.3 Å². The SMILES string of the molecule is COC(=O)C(=O)N(CCCCc1ccccc1)c1ccc(Br)cc1. The topological polar surface area (TPSA) is 46.6 Å². The van der Waals surface area contributed by atoms with Crippen LogP contribution in [0.3, 0.4) is 0 Å². The quantitative estimate of drug-likeness (QED) is 0.426. The largest absolute Gasteiger partial charge is 0.462 e. The van der Waals surface area contributed by atoms with E-state index in [1.807, 2.05) is 42.5 Å². The first-order valence-corrected chi connectivity index (χ1v) is 8.60. The van der Waals surface area contributed by atoms with Gasteiger partial charge in [-0.1, -0.05) is 46.3 Å². The fourth-order valence-corrected chi connectivity index (χ4v) is 2.67. The Balaban J connectivity index is 1.99. The maximum Gasteiger partial charge on any atom is 0.397 e. The van der Waals surface area contributed by atoms with Gasteiger partial charge >= 0.3 is 11.9 Å². The van der Waals surface area contributed by atoms with Crippen LogP contribution in [0.25, 0.3) is 0 Å². The van der Waals surface area contributed by atoms with Crippen LogP contribution >= 0.6 is 15.9 Å². The molecule has 24 heavy (non-hydrogen) atoms. The number of hydrogen-bond acceptors (Lipinski definition) is 3. The maximum absolute atomic E-state index is 12.3. The number of unbranched alkanes of at least 4 members (excludes halogenated alkanes) is 1. The van der Waals surface area contributed by atoms with Gasteiger partial charge in [-0.3, -0.25) is 4.79 Å². The van der Waals surface area contributed by atoms with Crippen molar-refractivity contribution >= 4 is 33.5 Å². The second kappa shape index (κ2) is 9.23. The molecule has 0 spiro atoms. The number of hydrogen-bond donors (Lipinski definition) is 0. The zero-order chi connectivity index (χ0) is 17.4. The lowest BCUT2D eigenvalue weighted by molar-refractivity contribution is -0.151. The molecule has 0 heterocycles. The van der Waals surface area contributed by atoms with Crippen molar-refractivity contribution in [3.8, 4) is 0 Å². The Kier molecular flexibility index (Phi) is 7.00. The summed E-state index contributed by atoms with van der Waals surface area (Å²) in [6, 6.07) is 17.5. The van der Waals surface area contributed by atoms with Crippen LogP contribution in [-0.4, -0.2) is 25.5 Å². The first-order valence-electron chi connectivity index (χ1n) is 7.81. The van der Waals surface area contributed by atoms with Crippen LogP contribution in [0.5, 0.6) is 0 Å². The molecule has 0 fully saturated rings. The summed E-state index contributed by atoms with van der Waals surface area (Å²) >= 11 is 3.37. The molecule has 0 radical (unpaired) electrons. The average molecular weight is 390 g/mol. The molecular weight excluding hydrogens is 370 g/mol. The molecule has 0 aromatic heterocycles. The molecule has 2 aromatic carbocycles. The van der Waals surface area contributed by atoms with Gasteiger partial charge in [0.25, 0.3) is 0 Å². The van der Waals surface area contributed by atoms with E-state index < -0.39 is 11.9 Å². The number of nitrogens with zero attached hydrogens (tertiary/aromatic N) is 1. The number of ether oxygens (including phenoxy) is 1. The molecule has 5 heteroatoms. The van der Waals surface area contributed by atoms with Crippen molar-refractivity contribution < 1.29 is 14.3 Å². The molecule has 1 amide bonds. The van der Waals surface area contributed by atoms with Gasteiger partial charge in [0, 0.05) is 16.7 Å². The fourth-order valence-electron chi connectivity index (χ4n) is 2.41. The lowest BCUT2D eigenvalue weighted by atomic mass is 10.1. The summed E-state index contributed by atoms with van der Waals surface area (Å²) in [4.78, 5) is 25.4. The number of rotatable bonds is 6. The minimum Gasteiger partial charge on any atom is -0.462 e. The minimum absolute atomic E-state index is 0.475. The maximum atomic E-state index is 12.3. The van der Waals surface area contributed by atoms with Gasteiger partial charge in [-0.25, -0.2) is 4.79 Å². The van der Waals surface area contributed by atoms with Gasteiger partial charge in [0.2, 0.25) is 0 Å². The number of carbonyl (C=O) groups is 2. The van der Waals surface area contributed by atoms with Gasteiger partial charge in [0.1, 0.15) is 0 Å². The van der Waals surface area contributed by atoms with Crippen LogP contribution in [0, 0.1) is 0 Å². The van der Waals surface area contributed by atoms with Gasteiger partial charge in [0.15, 0.2) is 0 Å². The predicted octanol–water partition coefficient (Wildman–Crippen LogP) is 3.98. The molecule has 0 unspecified atom stereocenters. The Morgan fingerprint density at radius 2 is 1.67 bits per heavy atom. The number of halogens is 1. The van der Waals surface area contributed by atoms with Gasteiger partial charge in [-0.15, -0.1) is 0 Å². The summed E-state index contributed by atoms with van der Waals surface area (Å²) in [5.41, 5.74) is 1.96. The zero-order valence-electron chi connectivity index (χ0n) is 13.6. The van der Waals surface area contributed by atoms with E-state index in [2.05, 4.69) is 32.8 Å². The third-order valence-corrected chi connectivity index (χ3v) is 4.21. The minimum atomic E-state index is -0.846. The summed E-state index contributed by atoms with van der Waals surface area (Å²) in [7, 11) is 1.22. The van der Waals surface area contributed by atoms with Crippen LogP contribution in [0.1, 0.15) is 18.4 Å². The van der Waals surface area contributed by atoms with Gasteiger partial charge in [-0.2, -0.15) is 0 Å². The molecule has 4 nitrogen and oxygen atoms in total. The number of anilines is 1. The molecule has 0 saturated heterocycles. The summed E-state index contributed by atoms with van der Waals surface area (Å²) in [6.07, 6.45) is 2.68. The number of amides is 1. The number of benzene rings is 2. The fraction of sp³-hybridized carbons (Fsp3) is 0.263. The standard InChI is InChI=1S/C19H20BrNO3/c1-24-19(23)18(22)21(17-12-10-16(20)11-13-17)14-6-5-9-15-7-3-2-4-8-15/h2-4,7-8,10-13H,5-6,9,14H2,1H3. The zero-order valence-corrected chi connectivity index (χ0v) is 15.2. The van der Waals surface area contributed by atoms with Crippen molar-refractivity contribution in [2.75, 3.05) is 18.6 Å². The summed E-state index contributed by atoms with van der Waals surface area (Å²) in [6.45, 7) is 0.475. The third-order valence-electron chi connectivity index (χ3n) is 3.68. The van der Waals surface area contributed by atoms with E-state index in [4.69, 9.17) is 0 Å². The van der Waals surface area contributed by atoms with E-state index in [1.165, 1.54) is 17.6 Å². The number of carbonyl (C=O) groups excluding carboxylic acids is 2. The third kappa shape index (κ3) is 5.20. The van der Waals surface area contributed by atoms with E-state index in [0.29, 0.717) is 12.2 Å². The molecule has 126 valence electrons. The lowest BCUT2D eigenvalue weighted by Crippen LogP contribution is -2.38. The van der Waals surface area contributed by atoms with Crippen LogP contribution in [0.2, 0.25) is 0 Å². The summed E-state index contributed by atoms with van der Waals surface area (Å²) < 4.78 is 5.49. The predicted molar refractivity (Wildman–Crippen MR) is 97.9 cm³/mol. The van der Waals surface area contributed by atoms with E-state index >= 15 is 0 Å². The highest BCUT2D eigenvalue weighted by Crippen LogP contribution is 2.20. The smallest absolute Gasteiger partial charge is 0.397 e. The Morgan fingerprint density at radius 1 is 1.00 bits per heavy atom. The van der Waals surface area contributed by atoms with Crippen LogP contribution in [0.4, 0.5) is 5.69 Å². The van der Waals surface area contributed by atoms with Crippen molar-refractivity contribution in [1.29, 1.82) is 0 Å². The monoisotopic (exact) mass is 389 g/mol. The molecule has 0 atom stereocenters. The van der Waals surface area contributed by atoms with E-state index in [-0.39, 0.29) is 0 Å². The number of esters is 1. The highest BCUT2D eigenvalue weighted by atomic mass is 79.9. The first kappa shape index (κ1) is 18.2. The van der Waals surface area contributed by atoms with Crippen molar-refractivity contribution in [2.24, 2.45) is 0 Å². The Morgan fingerprint density at radius 3 is 2.29 bits per heavy atom. The van der Waals surface area contributed by atoms with E-state index in [9.17, 15) is 9.59 Å². The summed E-state index contributed by atoms with van der Waals surface area (Å²) in [5, 5.41) is 0. The summed E-state index contributed by atoms with van der Waals surface area (Å²) in [5.74, 6) is -1.49. The second-order valence-corrected chi connectivity index (χ2v) is 6.28. The van der Waals surface area contributed by atoms with Gasteiger partial charge in [0.05, 0.1) is 7.11 Å². The second-order valence-electron chi connectivity index (χ2n) is 5.37. The lowest BCUT2D eigenvalue weighted by Gasteiger charge is -2.21. The first-order chi connectivity index (χ1) is 11.6. The van der Waals surface area contributed by atoms with E-state index in [1.54, 1.807) is 0 Å². The molecule has 0 saturated carbocycles. The Labute approximate surface area is 150 Å². The Bertz CT molecular complexity index is 671. The molecule has 0 aliphatic heterocycles. The average Bonchev–Trinajstić information content (AvgIpc) is 2.62.